The average Bonchev–Trinajstić information content (AvgIpc) is 2.44. The van der Waals surface area contributed by atoms with Gasteiger partial charge in [-0.2, -0.15) is 0 Å². The van der Waals surface area contributed by atoms with Crippen molar-refractivity contribution in [2.45, 2.75) is 32.7 Å². The quantitative estimate of drug-likeness (QED) is 0.802. The van der Waals surface area contributed by atoms with E-state index in [1.54, 1.807) is 7.11 Å². The Hall–Kier alpha value is -1.48. The van der Waals surface area contributed by atoms with E-state index in [4.69, 9.17) is 4.74 Å². The Morgan fingerprint density at radius 1 is 1.10 bits per heavy atom. The van der Waals surface area contributed by atoms with E-state index in [0.29, 0.717) is 0 Å². The first-order valence-corrected chi connectivity index (χ1v) is 7.87. The SMILES string of the molecule is COc1ccc(CNc2ccccc2C(C)(C)C)cc1Br. The molecular weight excluding hydrogens is 326 g/mol. The number of rotatable bonds is 4. The monoisotopic (exact) mass is 347 g/mol. The van der Waals surface area contributed by atoms with Crippen LogP contribution in [0, 0.1) is 0 Å². The molecule has 0 aromatic heterocycles. The molecule has 2 aromatic carbocycles. The first kappa shape index (κ1) is 15.9. The molecule has 3 heteroatoms. The molecule has 2 aromatic rings. The van der Waals surface area contributed by atoms with Crippen molar-refractivity contribution in [3.63, 3.8) is 0 Å². The summed E-state index contributed by atoms with van der Waals surface area (Å²) in [5, 5.41) is 3.54. The number of nitrogens with one attached hydrogen (secondary N) is 1. The second-order valence-electron chi connectivity index (χ2n) is 6.12. The first-order valence-electron chi connectivity index (χ1n) is 7.07. The summed E-state index contributed by atoms with van der Waals surface area (Å²) in [5.41, 5.74) is 3.87. The van der Waals surface area contributed by atoms with Gasteiger partial charge in [0, 0.05) is 12.2 Å². The molecule has 0 aliphatic rings. The summed E-state index contributed by atoms with van der Waals surface area (Å²) in [6, 6.07) is 14.6. The topological polar surface area (TPSA) is 21.3 Å². The van der Waals surface area contributed by atoms with E-state index in [1.165, 1.54) is 16.8 Å². The van der Waals surface area contributed by atoms with Crippen molar-refractivity contribution in [3.05, 3.63) is 58.1 Å². The van der Waals surface area contributed by atoms with E-state index in [0.717, 1.165) is 16.8 Å². The maximum absolute atomic E-state index is 5.26. The van der Waals surface area contributed by atoms with Crippen LogP contribution in [0.5, 0.6) is 5.75 Å². The summed E-state index contributed by atoms with van der Waals surface area (Å²) in [5.74, 6) is 0.855. The van der Waals surface area contributed by atoms with Gasteiger partial charge in [0.05, 0.1) is 11.6 Å². The molecule has 0 aliphatic carbocycles. The maximum atomic E-state index is 5.26. The van der Waals surface area contributed by atoms with Crippen LogP contribution in [-0.4, -0.2) is 7.11 Å². The van der Waals surface area contributed by atoms with Crippen molar-refractivity contribution in [3.8, 4) is 5.75 Å². The highest BCUT2D eigenvalue weighted by Gasteiger charge is 2.17. The summed E-state index contributed by atoms with van der Waals surface area (Å²) < 4.78 is 6.24. The number of ether oxygens (including phenoxy) is 1. The standard InChI is InChI=1S/C18H22BrNO/c1-18(2,3)14-7-5-6-8-16(14)20-12-13-9-10-17(21-4)15(19)11-13/h5-11,20H,12H2,1-4H3. The molecule has 0 fully saturated rings. The Balaban J connectivity index is 2.15. The van der Waals surface area contributed by atoms with Gasteiger partial charge in [-0.25, -0.2) is 0 Å². The molecule has 0 bridgehead atoms. The van der Waals surface area contributed by atoms with E-state index in [-0.39, 0.29) is 5.41 Å². The fraction of sp³-hybridized carbons (Fsp3) is 0.333. The molecular formula is C18H22BrNO. The van der Waals surface area contributed by atoms with Crippen molar-refractivity contribution in [2.24, 2.45) is 0 Å². The fourth-order valence-electron chi connectivity index (χ4n) is 2.31. The summed E-state index contributed by atoms with van der Waals surface area (Å²) in [6.07, 6.45) is 0. The van der Waals surface area contributed by atoms with Gasteiger partial charge in [-0.1, -0.05) is 45.0 Å². The molecule has 0 atom stereocenters. The zero-order chi connectivity index (χ0) is 15.5. The van der Waals surface area contributed by atoms with Gasteiger partial charge in [-0.15, -0.1) is 0 Å². The van der Waals surface area contributed by atoms with Gasteiger partial charge < -0.3 is 10.1 Å². The number of methoxy groups -OCH3 is 1. The molecule has 0 radical (unpaired) electrons. The van der Waals surface area contributed by atoms with Crippen molar-refractivity contribution in [1.82, 2.24) is 0 Å². The van der Waals surface area contributed by atoms with E-state index in [2.05, 4.69) is 78.4 Å². The summed E-state index contributed by atoms with van der Waals surface area (Å²) in [6.45, 7) is 7.49. The van der Waals surface area contributed by atoms with E-state index in [1.807, 2.05) is 6.07 Å². The zero-order valence-corrected chi connectivity index (χ0v) is 14.6. The number of hydrogen-bond donors (Lipinski definition) is 1. The van der Waals surface area contributed by atoms with Crippen molar-refractivity contribution in [1.29, 1.82) is 0 Å². The van der Waals surface area contributed by atoms with Crippen LogP contribution in [0.4, 0.5) is 5.69 Å². The van der Waals surface area contributed by atoms with Gasteiger partial charge in [-0.05, 0) is 50.7 Å². The predicted molar refractivity (Wildman–Crippen MR) is 93.2 cm³/mol. The molecule has 0 amide bonds. The Bertz CT molecular complexity index is 617. The smallest absolute Gasteiger partial charge is 0.133 e. The summed E-state index contributed by atoms with van der Waals surface area (Å²) in [4.78, 5) is 0. The van der Waals surface area contributed by atoms with Crippen LogP contribution in [0.2, 0.25) is 0 Å². The first-order chi connectivity index (χ1) is 9.91. The van der Waals surface area contributed by atoms with E-state index < -0.39 is 0 Å². The van der Waals surface area contributed by atoms with Gasteiger partial charge in [0.25, 0.3) is 0 Å². The highest BCUT2D eigenvalue weighted by atomic mass is 79.9. The summed E-state index contributed by atoms with van der Waals surface area (Å²) in [7, 11) is 1.68. The molecule has 0 saturated carbocycles. The maximum Gasteiger partial charge on any atom is 0.133 e. The minimum absolute atomic E-state index is 0.129. The van der Waals surface area contributed by atoms with E-state index >= 15 is 0 Å². The molecule has 112 valence electrons. The fourth-order valence-corrected chi connectivity index (χ4v) is 2.90. The average molecular weight is 348 g/mol. The second kappa shape index (κ2) is 6.52. The lowest BCUT2D eigenvalue weighted by molar-refractivity contribution is 0.412. The number of anilines is 1. The molecule has 0 aliphatic heterocycles. The molecule has 21 heavy (non-hydrogen) atoms. The number of halogens is 1. The molecule has 0 saturated heterocycles. The Morgan fingerprint density at radius 2 is 1.81 bits per heavy atom. The van der Waals surface area contributed by atoms with Crippen LogP contribution < -0.4 is 10.1 Å². The highest BCUT2D eigenvalue weighted by molar-refractivity contribution is 9.10. The molecule has 0 heterocycles. The number of hydrogen-bond acceptors (Lipinski definition) is 2. The van der Waals surface area contributed by atoms with E-state index in [9.17, 15) is 0 Å². The number of benzene rings is 2. The van der Waals surface area contributed by atoms with Crippen molar-refractivity contribution >= 4 is 21.6 Å². The predicted octanol–water partition coefficient (Wildman–Crippen LogP) is 5.37. The lowest BCUT2D eigenvalue weighted by Gasteiger charge is -2.23. The largest absolute Gasteiger partial charge is 0.496 e. The molecule has 2 rings (SSSR count). The number of para-hydroxylation sites is 1. The lowest BCUT2D eigenvalue weighted by atomic mass is 9.86. The molecule has 0 spiro atoms. The van der Waals surface area contributed by atoms with Crippen LogP contribution in [-0.2, 0) is 12.0 Å². The second-order valence-corrected chi connectivity index (χ2v) is 6.97. The Morgan fingerprint density at radius 3 is 2.43 bits per heavy atom. The third-order valence-electron chi connectivity index (χ3n) is 3.43. The highest BCUT2D eigenvalue weighted by Crippen LogP contribution is 2.30. The third-order valence-corrected chi connectivity index (χ3v) is 4.05. The van der Waals surface area contributed by atoms with Crippen molar-refractivity contribution in [2.75, 3.05) is 12.4 Å². The lowest BCUT2D eigenvalue weighted by Crippen LogP contribution is -2.14. The van der Waals surface area contributed by atoms with Gasteiger partial charge in [0.15, 0.2) is 0 Å². The molecule has 0 unspecified atom stereocenters. The van der Waals surface area contributed by atoms with Crippen molar-refractivity contribution < 1.29 is 4.74 Å². The van der Waals surface area contributed by atoms with Crippen LogP contribution in [0.25, 0.3) is 0 Å². The van der Waals surface area contributed by atoms with Crippen LogP contribution in [0.3, 0.4) is 0 Å². The van der Waals surface area contributed by atoms with Gasteiger partial charge in [0.2, 0.25) is 0 Å². The van der Waals surface area contributed by atoms with Gasteiger partial charge in [0.1, 0.15) is 5.75 Å². The minimum Gasteiger partial charge on any atom is -0.496 e. The summed E-state index contributed by atoms with van der Waals surface area (Å²) >= 11 is 3.53. The van der Waals surface area contributed by atoms with Gasteiger partial charge in [-0.3, -0.25) is 0 Å². The zero-order valence-electron chi connectivity index (χ0n) is 13.0. The normalized spacial score (nSPS) is 11.3. The Labute approximate surface area is 135 Å². The van der Waals surface area contributed by atoms with Crippen LogP contribution in [0.1, 0.15) is 31.9 Å². The molecule has 2 nitrogen and oxygen atoms in total. The molecule has 1 N–H and O–H groups in total. The van der Waals surface area contributed by atoms with Gasteiger partial charge >= 0.3 is 0 Å². The Kier molecular flexibility index (Phi) is 4.94. The van der Waals surface area contributed by atoms with Crippen LogP contribution >= 0.6 is 15.9 Å². The third kappa shape index (κ3) is 4.01. The van der Waals surface area contributed by atoms with Crippen LogP contribution in [0.15, 0.2) is 46.9 Å². The minimum atomic E-state index is 0.129.